The topological polar surface area (TPSA) is 95.1 Å². The molecule has 1 saturated heterocycles. The van der Waals surface area contributed by atoms with E-state index in [9.17, 15) is 14.4 Å². The molecule has 3 aromatic rings. The molecule has 0 unspecified atom stereocenters. The number of carbonyl (C=O) groups is 3. The van der Waals surface area contributed by atoms with E-state index in [1.165, 1.54) is 11.3 Å². The molecule has 212 valence electrons. The van der Waals surface area contributed by atoms with Crippen LogP contribution in [-0.2, 0) is 16.0 Å². The molecule has 0 aliphatic carbocycles. The number of benzene rings is 2. The molecule has 4 rings (SSSR count). The summed E-state index contributed by atoms with van der Waals surface area (Å²) in [6.07, 6.45) is 0.181. The van der Waals surface area contributed by atoms with Crippen molar-refractivity contribution in [1.29, 1.82) is 0 Å². The van der Waals surface area contributed by atoms with E-state index in [1.807, 2.05) is 68.1 Å². The molecule has 1 N–H and O–H groups in total. The average molecular weight is 564 g/mol. The first-order chi connectivity index (χ1) is 19.2. The molecule has 40 heavy (non-hydrogen) atoms. The van der Waals surface area contributed by atoms with Gasteiger partial charge in [0.15, 0.2) is 5.13 Å². The monoisotopic (exact) mass is 563 g/mol. The number of methoxy groups -OCH3 is 1. The Hall–Kier alpha value is -3.92. The fourth-order valence-electron chi connectivity index (χ4n) is 4.69. The maximum atomic E-state index is 13.2. The second-order valence-corrected chi connectivity index (χ2v) is 11.2. The van der Waals surface area contributed by atoms with Crippen molar-refractivity contribution in [3.05, 3.63) is 70.7 Å². The van der Waals surface area contributed by atoms with Crippen molar-refractivity contribution in [2.24, 2.45) is 5.92 Å². The molecule has 9 nitrogen and oxygen atoms in total. The normalized spacial score (nSPS) is 13.3. The second kappa shape index (κ2) is 13.4. The molecule has 2 heterocycles. The summed E-state index contributed by atoms with van der Waals surface area (Å²) in [5.74, 6) is 0.560. The first-order valence-electron chi connectivity index (χ1n) is 13.5. The van der Waals surface area contributed by atoms with Crippen molar-refractivity contribution >= 4 is 39.9 Å². The molecule has 0 atom stereocenters. The fraction of sp³-hybridized carbons (Fsp3) is 0.400. The van der Waals surface area contributed by atoms with Crippen LogP contribution >= 0.6 is 11.3 Å². The van der Waals surface area contributed by atoms with Crippen LogP contribution in [0.25, 0.3) is 0 Å². The minimum atomic E-state index is -0.315. The minimum Gasteiger partial charge on any atom is -0.497 e. The highest BCUT2D eigenvalue weighted by Gasteiger charge is 2.24. The summed E-state index contributed by atoms with van der Waals surface area (Å²) < 4.78 is 5.23. The number of hydrogen-bond donors (Lipinski definition) is 1. The molecular weight excluding hydrogens is 526 g/mol. The number of carbonyl (C=O) groups excluding carboxylic acids is 3. The van der Waals surface area contributed by atoms with Gasteiger partial charge in [-0.15, -0.1) is 11.3 Å². The fourth-order valence-corrected chi connectivity index (χ4v) is 5.42. The number of anilines is 2. The van der Waals surface area contributed by atoms with E-state index >= 15 is 0 Å². The Morgan fingerprint density at radius 3 is 2.40 bits per heavy atom. The predicted molar refractivity (Wildman–Crippen MR) is 158 cm³/mol. The summed E-state index contributed by atoms with van der Waals surface area (Å²) in [4.78, 5) is 49.1. The average Bonchev–Trinajstić information content (AvgIpc) is 3.38. The van der Waals surface area contributed by atoms with E-state index in [4.69, 9.17) is 4.74 Å². The number of amides is 3. The number of aryl methyl sites for hydroxylation is 1. The number of nitrogens with one attached hydrogen (secondary N) is 1. The van der Waals surface area contributed by atoms with Crippen LogP contribution in [0.4, 0.5) is 10.8 Å². The predicted octanol–water partition coefficient (Wildman–Crippen LogP) is 4.09. The van der Waals surface area contributed by atoms with E-state index in [-0.39, 0.29) is 36.6 Å². The van der Waals surface area contributed by atoms with E-state index in [0.29, 0.717) is 36.0 Å². The Kier molecular flexibility index (Phi) is 9.76. The molecule has 0 bridgehead atoms. The molecule has 1 fully saturated rings. The lowest BCUT2D eigenvalue weighted by Crippen LogP contribution is -2.49. The van der Waals surface area contributed by atoms with Crippen LogP contribution in [0.1, 0.15) is 35.5 Å². The van der Waals surface area contributed by atoms with Crippen LogP contribution in [-0.4, -0.2) is 78.9 Å². The first-order valence-corrected chi connectivity index (χ1v) is 14.4. The molecular formula is C30H37N5O4S. The molecule has 1 aliphatic rings. The van der Waals surface area contributed by atoms with Crippen molar-refractivity contribution in [1.82, 2.24) is 14.8 Å². The van der Waals surface area contributed by atoms with Gasteiger partial charge in [-0.05, 0) is 48.7 Å². The van der Waals surface area contributed by atoms with Crippen molar-refractivity contribution in [3.8, 4) is 5.75 Å². The van der Waals surface area contributed by atoms with Gasteiger partial charge in [-0.3, -0.25) is 14.4 Å². The lowest BCUT2D eigenvalue weighted by Gasteiger charge is -2.36. The smallest absolute Gasteiger partial charge is 0.254 e. The van der Waals surface area contributed by atoms with Crippen LogP contribution in [0, 0.1) is 12.8 Å². The molecule has 3 amide bonds. The third-order valence-electron chi connectivity index (χ3n) is 6.78. The van der Waals surface area contributed by atoms with Gasteiger partial charge in [-0.25, -0.2) is 4.98 Å². The first kappa shape index (κ1) is 29.1. The van der Waals surface area contributed by atoms with Crippen LogP contribution < -0.4 is 15.0 Å². The number of ether oxygens (including phenoxy) is 1. The van der Waals surface area contributed by atoms with Gasteiger partial charge >= 0.3 is 0 Å². The standard InChI is InChI=1S/C30H37N5O4S/c1-21(2)18-35(29(38)26-8-6-5-7-22(26)3)19-27(36)32-30-31-23(20-40-30)17-28(37)34-15-13-33(14-16-34)24-9-11-25(39-4)12-10-24/h5-12,20-21H,13-19H2,1-4H3,(H,31,32,36). The van der Waals surface area contributed by atoms with Gasteiger partial charge in [-0.2, -0.15) is 0 Å². The molecule has 0 radical (unpaired) electrons. The van der Waals surface area contributed by atoms with Crippen molar-refractivity contribution in [2.75, 3.05) is 56.6 Å². The molecule has 0 spiro atoms. The maximum Gasteiger partial charge on any atom is 0.254 e. The van der Waals surface area contributed by atoms with Crippen LogP contribution in [0.15, 0.2) is 53.9 Å². The molecule has 10 heteroatoms. The van der Waals surface area contributed by atoms with E-state index in [1.54, 1.807) is 23.5 Å². The van der Waals surface area contributed by atoms with Crippen molar-refractivity contribution < 1.29 is 19.1 Å². The number of hydrogen-bond acceptors (Lipinski definition) is 7. The van der Waals surface area contributed by atoms with E-state index in [2.05, 4.69) is 15.2 Å². The third kappa shape index (κ3) is 7.59. The van der Waals surface area contributed by atoms with Gasteiger partial charge in [0.1, 0.15) is 12.3 Å². The Labute approximate surface area is 239 Å². The maximum absolute atomic E-state index is 13.2. The zero-order chi connectivity index (χ0) is 28.6. The Morgan fingerprint density at radius 1 is 1.05 bits per heavy atom. The Morgan fingerprint density at radius 2 is 1.75 bits per heavy atom. The lowest BCUT2D eigenvalue weighted by atomic mass is 10.1. The Balaban J connectivity index is 1.28. The van der Waals surface area contributed by atoms with Gasteiger partial charge in [0.2, 0.25) is 11.8 Å². The van der Waals surface area contributed by atoms with E-state index in [0.717, 1.165) is 30.1 Å². The van der Waals surface area contributed by atoms with Gasteiger partial charge in [0.05, 0.1) is 19.2 Å². The summed E-state index contributed by atoms with van der Waals surface area (Å²) in [6, 6.07) is 15.3. The summed E-state index contributed by atoms with van der Waals surface area (Å²) in [7, 11) is 1.65. The zero-order valence-electron chi connectivity index (χ0n) is 23.6. The summed E-state index contributed by atoms with van der Waals surface area (Å²) >= 11 is 1.28. The second-order valence-electron chi connectivity index (χ2n) is 10.3. The summed E-state index contributed by atoms with van der Waals surface area (Å²) in [5.41, 5.74) is 3.20. The van der Waals surface area contributed by atoms with Gasteiger partial charge in [-0.1, -0.05) is 32.0 Å². The molecule has 1 aromatic heterocycles. The number of aromatic nitrogens is 1. The minimum absolute atomic E-state index is 0.0180. The lowest BCUT2D eigenvalue weighted by molar-refractivity contribution is -0.130. The van der Waals surface area contributed by atoms with Gasteiger partial charge in [0, 0.05) is 49.4 Å². The van der Waals surface area contributed by atoms with E-state index < -0.39 is 0 Å². The van der Waals surface area contributed by atoms with Crippen LogP contribution in [0.5, 0.6) is 5.75 Å². The van der Waals surface area contributed by atoms with Crippen molar-refractivity contribution in [3.63, 3.8) is 0 Å². The number of piperazine rings is 1. The van der Waals surface area contributed by atoms with Crippen molar-refractivity contribution in [2.45, 2.75) is 27.2 Å². The Bertz CT molecular complexity index is 1320. The highest BCUT2D eigenvalue weighted by molar-refractivity contribution is 7.13. The largest absolute Gasteiger partial charge is 0.497 e. The highest BCUT2D eigenvalue weighted by Crippen LogP contribution is 2.22. The van der Waals surface area contributed by atoms with Crippen LogP contribution in [0.2, 0.25) is 0 Å². The van der Waals surface area contributed by atoms with Crippen LogP contribution in [0.3, 0.4) is 0 Å². The SMILES string of the molecule is COc1ccc(N2CCN(C(=O)Cc3csc(NC(=O)CN(CC(C)C)C(=O)c4ccccc4C)n3)CC2)cc1. The molecule has 1 aliphatic heterocycles. The van der Waals surface area contributed by atoms with Gasteiger partial charge < -0.3 is 24.8 Å². The highest BCUT2D eigenvalue weighted by atomic mass is 32.1. The quantitative estimate of drug-likeness (QED) is 0.399. The number of rotatable bonds is 10. The zero-order valence-corrected chi connectivity index (χ0v) is 24.4. The summed E-state index contributed by atoms with van der Waals surface area (Å²) in [5, 5.41) is 5.02. The molecule has 0 saturated carbocycles. The summed E-state index contributed by atoms with van der Waals surface area (Å²) in [6.45, 7) is 9.09. The third-order valence-corrected chi connectivity index (χ3v) is 7.59. The number of thiazole rings is 1. The van der Waals surface area contributed by atoms with Gasteiger partial charge in [0.25, 0.3) is 5.91 Å². The number of nitrogens with zero attached hydrogens (tertiary/aromatic N) is 4. The molecule has 2 aromatic carbocycles.